The molecule has 21 heavy (non-hydrogen) atoms. The molecule has 1 heterocycles. The first-order valence-electron chi connectivity index (χ1n) is 7.07. The lowest BCUT2D eigenvalue weighted by molar-refractivity contribution is -0.120. The topological polar surface area (TPSA) is 46.9 Å². The first-order chi connectivity index (χ1) is 10.1. The van der Waals surface area contributed by atoms with Crippen LogP contribution in [0.5, 0.6) is 0 Å². The predicted molar refractivity (Wildman–Crippen MR) is 85.0 cm³/mol. The van der Waals surface area contributed by atoms with E-state index in [4.69, 9.17) is 0 Å². The van der Waals surface area contributed by atoms with Crippen molar-refractivity contribution in [1.29, 1.82) is 0 Å². The Hall–Kier alpha value is -1.56. The average Bonchev–Trinajstić information content (AvgIpc) is 2.76. The van der Waals surface area contributed by atoms with Crippen molar-refractivity contribution in [2.75, 3.05) is 18.1 Å². The third kappa shape index (κ3) is 4.20. The molecule has 1 amide bonds. The summed E-state index contributed by atoms with van der Waals surface area (Å²) in [4.78, 5) is 16.1. The van der Waals surface area contributed by atoms with E-state index in [1.807, 2.05) is 11.6 Å². The summed E-state index contributed by atoms with van der Waals surface area (Å²) in [5, 5.41) is 2.89. The Kier molecular flexibility index (Phi) is 5.61. The molecule has 1 N–H and O–H groups in total. The first-order valence-corrected chi connectivity index (χ1v) is 8.22. The van der Waals surface area contributed by atoms with Crippen LogP contribution >= 0.6 is 11.8 Å². The maximum atomic E-state index is 13.2. The van der Waals surface area contributed by atoms with E-state index in [0.29, 0.717) is 19.4 Å². The SMILES string of the molecule is CCSCCC(=O)NCCc1nc2ccc(F)cc2n1C. The molecule has 0 atom stereocenters. The number of carbonyl (C=O) groups is 1. The summed E-state index contributed by atoms with van der Waals surface area (Å²) in [5.74, 6) is 2.54. The van der Waals surface area contributed by atoms with Crippen LogP contribution in [0.15, 0.2) is 18.2 Å². The van der Waals surface area contributed by atoms with Crippen molar-refractivity contribution in [2.24, 2.45) is 7.05 Å². The van der Waals surface area contributed by atoms with Crippen LogP contribution in [0.3, 0.4) is 0 Å². The van der Waals surface area contributed by atoms with Gasteiger partial charge in [-0.3, -0.25) is 4.79 Å². The molecule has 0 radical (unpaired) electrons. The summed E-state index contributed by atoms with van der Waals surface area (Å²) in [6.45, 7) is 2.63. The van der Waals surface area contributed by atoms with Crippen LogP contribution in [0.2, 0.25) is 0 Å². The van der Waals surface area contributed by atoms with Crippen LogP contribution in [0.1, 0.15) is 19.2 Å². The predicted octanol–water partition coefficient (Wildman–Crippen LogP) is 2.51. The largest absolute Gasteiger partial charge is 0.356 e. The Balaban J connectivity index is 1.89. The Morgan fingerprint density at radius 3 is 3.05 bits per heavy atom. The molecule has 2 aromatic rings. The highest BCUT2D eigenvalue weighted by atomic mass is 32.2. The molecule has 0 aliphatic heterocycles. The molecule has 6 heteroatoms. The van der Waals surface area contributed by atoms with Gasteiger partial charge in [-0.15, -0.1) is 0 Å². The van der Waals surface area contributed by atoms with Gasteiger partial charge in [0.1, 0.15) is 11.6 Å². The zero-order chi connectivity index (χ0) is 15.2. The molecular weight excluding hydrogens is 289 g/mol. The van der Waals surface area contributed by atoms with Gasteiger partial charge in [0.25, 0.3) is 0 Å². The van der Waals surface area contributed by atoms with Gasteiger partial charge in [-0.2, -0.15) is 11.8 Å². The standard InChI is InChI=1S/C15H20FN3OS/c1-3-21-9-7-15(20)17-8-6-14-18-12-5-4-11(16)10-13(12)19(14)2/h4-5,10H,3,6-9H2,1-2H3,(H,17,20). The smallest absolute Gasteiger partial charge is 0.220 e. The van der Waals surface area contributed by atoms with E-state index >= 15 is 0 Å². The fraction of sp³-hybridized carbons (Fsp3) is 0.467. The highest BCUT2D eigenvalue weighted by Gasteiger charge is 2.09. The third-order valence-corrected chi connectivity index (χ3v) is 4.18. The molecule has 1 aromatic carbocycles. The fourth-order valence-corrected chi connectivity index (χ4v) is 2.77. The summed E-state index contributed by atoms with van der Waals surface area (Å²) in [5.41, 5.74) is 1.55. The zero-order valence-electron chi connectivity index (χ0n) is 12.4. The van der Waals surface area contributed by atoms with Crippen molar-refractivity contribution in [3.05, 3.63) is 29.8 Å². The van der Waals surface area contributed by atoms with E-state index < -0.39 is 0 Å². The Morgan fingerprint density at radius 2 is 2.29 bits per heavy atom. The second-order valence-electron chi connectivity index (χ2n) is 4.77. The van der Waals surface area contributed by atoms with Crippen molar-refractivity contribution in [1.82, 2.24) is 14.9 Å². The molecule has 0 aliphatic carbocycles. The second kappa shape index (κ2) is 7.45. The van der Waals surface area contributed by atoms with Crippen LogP contribution in [0.4, 0.5) is 4.39 Å². The van der Waals surface area contributed by atoms with Crippen LogP contribution in [0.25, 0.3) is 11.0 Å². The normalized spacial score (nSPS) is 11.0. The zero-order valence-corrected chi connectivity index (χ0v) is 13.2. The molecule has 114 valence electrons. The number of thioether (sulfide) groups is 1. The van der Waals surface area contributed by atoms with Gasteiger partial charge in [0.2, 0.25) is 5.91 Å². The minimum Gasteiger partial charge on any atom is -0.356 e. The Bertz CT molecular complexity index is 627. The maximum Gasteiger partial charge on any atom is 0.220 e. The number of aryl methyl sites for hydroxylation is 1. The highest BCUT2D eigenvalue weighted by molar-refractivity contribution is 7.99. The summed E-state index contributed by atoms with van der Waals surface area (Å²) in [7, 11) is 1.86. The van der Waals surface area contributed by atoms with Gasteiger partial charge in [0, 0.05) is 32.2 Å². The van der Waals surface area contributed by atoms with Crippen molar-refractivity contribution < 1.29 is 9.18 Å². The number of benzene rings is 1. The van der Waals surface area contributed by atoms with E-state index in [0.717, 1.165) is 28.4 Å². The maximum absolute atomic E-state index is 13.2. The number of hydrogen-bond donors (Lipinski definition) is 1. The fourth-order valence-electron chi connectivity index (χ4n) is 2.15. The molecule has 0 saturated heterocycles. The van der Waals surface area contributed by atoms with Gasteiger partial charge >= 0.3 is 0 Å². The Morgan fingerprint density at radius 1 is 1.48 bits per heavy atom. The second-order valence-corrected chi connectivity index (χ2v) is 6.16. The number of nitrogens with zero attached hydrogens (tertiary/aromatic N) is 2. The number of nitrogens with one attached hydrogen (secondary N) is 1. The van der Waals surface area contributed by atoms with Crippen LogP contribution < -0.4 is 5.32 Å². The lowest BCUT2D eigenvalue weighted by Gasteiger charge is -2.05. The monoisotopic (exact) mass is 309 g/mol. The third-order valence-electron chi connectivity index (χ3n) is 3.28. The van der Waals surface area contributed by atoms with Crippen molar-refractivity contribution in [3.63, 3.8) is 0 Å². The molecule has 2 rings (SSSR count). The van der Waals surface area contributed by atoms with Gasteiger partial charge in [-0.1, -0.05) is 6.92 Å². The lowest BCUT2D eigenvalue weighted by Crippen LogP contribution is -2.26. The van der Waals surface area contributed by atoms with E-state index in [-0.39, 0.29) is 11.7 Å². The molecule has 0 saturated carbocycles. The van der Waals surface area contributed by atoms with Gasteiger partial charge in [-0.25, -0.2) is 9.37 Å². The molecule has 0 bridgehead atoms. The summed E-state index contributed by atoms with van der Waals surface area (Å²) >= 11 is 1.76. The van der Waals surface area contributed by atoms with Gasteiger partial charge < -0.3 is 9.88 Å². The number of fused-ring (bicyclic) bond motifs is 1. The number of carbonyl (C=O) groups excluding carboxylic acids is 1. The molecular formula is C15H20FN3OS. The van der Waals surface area contributed by atoms with Crippen LogP contribution in [-0.4, -0.2) is 33.5 Å². The minimum absolute atomic E-state index is 0.0701. The number of rotatable bonds is 7. The van der Waals surface area contributed by atoms with Gasteiger partial charge in [-0.05, 0) is 24.0 Å². The Labute approximate surface area is 128 Å². The number of amides is 1. The number of imidazole rings is 1. The molecule has 0 aliphatic rings. The van der Waals surface area contributed by atoms with Crippen molar-refractivity contribution >= 4 is 28.7 Å². The van der Waals surface area contributed by atoms with Crippen LogP contribution in [-0.2, 0) is 18.3 Å². The molecule has 0 unspecified atom stereocenters. The first kappa shape index (κ1) is 15.8. The van der Waals surface area contributed by atoms with Crippen molar-refractivity contribution in [3.8, 4) is 0 Å². The molecule has 1 aromatic heterocycles. The molecule has 0 spiro atoms. The van der Waals surface area contributed by atoms with E-state index in [9.17, 15) is 9.18 Å². The number of halogens is 1. The summed E-state index contributed by atoms with van der Waals surface area (Å²) < 4.78 is 15.1. The number of hydrogen-bond acceptors (Lipinski definition) is 3. The van der Waals surface area contributed by atoms with E-state index in [1.165, 1.54) is 12.1 Å². The van der Waals surface area contributed by atoms with Gasteiger partial charge in [0.05, 0.1) is 11.0 Å². The molecule has 4 nitrogen and oxygen atoms in total. The average molecular weight is 309 g/mol. The quantitative estimate of drug-likeness (QED) is 0.800. The van der Waals surface area contributed by atoms with E-state index in [1.54, 1.807) is 17.8 Å². The van der Waals surface area contributed by atoms with E-state index in [2.05, 4.69) is 17.2 Å². The minimum atomic E-state index is -0.265. The summed E-state index contributed by atoms with van der Waals surface area (Å²) in [6, 6.07) is 4.56. The van der Waals surface area contributed by atoms with Crippen LogP contribution in [0, 0.1) is 5.82 Å². The lowest BCUT2D eigenvalue weighted by atomic mass is 10.3. The molecule has 0 fully saturated rings. The highest BCUT2D eigenvalue weighted by Crippen LogP contribution is 2.16. The summed E-state index contributed by atoms with van der Waals surface area (Å²) in [6.07, 6.45) is 1.19. The van der Waals surface area contributed by atoms with Gasteiger partial charge in [0.15, 0.2) is 0 Å². The van der Waals surface area contributed by atoms with Crippen molar-refractivity contribution in [2.45, 2.75) is 19.8 Å². The number of aromatic nitrogens is 2.